The summed E-state index contributed by atoms with van der Waals surface area (Å²) in [5.74, 6) is -0.222. The number of nitrogens with one attached hydrogen (secondary N) is 1. The summed E-state index contributed by atoms with van der Waals surface area (Å²) in [5.41, 5.74) is 0.499. The van der Waals surface area contributed by atoms with Crippen molar-refractivity contribution < 1.29 is 9.53 Å². The Balaban J connectivity index is 2.46. The van der Waals surface area contributed by atoms with Crippen molar-refractivity contribution in [3.05, 3.63) is 12.2 Å². The molecule has 3 nitrogen and oxygen atoms in total. The lowest BCUT2D eigenvalue weighted by molar-refractivity contribution is -0.145. The molecule has 1 aliphatic rings. The summed E-state index contributed by atoms with van der Waals surface area (Å²) < 4.78 is 5.04. The van der Waals surface area contributed by atoms with Gasteiger partial charge in [-0.15, -0.1) is 0 Å². The molecule has 0 aliphatic heterocycles. The largest absolute Gasteiger partial charge is 0.456 e. The smallest absolute Gasteiger partial charge is 0.306 e. The van der Waals surface area contributed by atoms with Crippen LogP contribution in [-0.2, 0) is 9.53 Å². The number of hydrogen-bond donors (Lipinski definition) is 1. The molecule has 0 bridgehead atoms. The van der Waals surface area contributed by atoms with Gasteiger partial charge < -0.3 is 10.1 Å². The Morgan fingerprint density at radius 1 is 1.75 bits per heavy atom. The van der Waals surface area contributed by atoms with E-state index >= 15 is 0 Å². The highest BCUT2D eigenvalue weighted by molar-refractivity contribution is 5.90. The molecule has 0 amide bonds. The molecule has 0 spiro atoms. The van der Waals surface area contributed by atoms with E-state index in [0.29, 0.717) is 25.0 Å². The number of hydrogen-bond acceptors (Lipinski definition) is 3. The topological polar surface area (TPSA) is 50.2 Å². The van der Waals surface area contributed by atoms with E-state index in [0.717, 1.165) is 0 Å². The standard InChI is InChI=1S/C9H13NO2/c1-2-9(11)12-8-6-4-3-5-7(8)10/h3-4,8,10H,2,5-6H2,1H3. The lowest BCUT2D eigenvalue weighted by Crippen LogP contribution is -2.27. The highest BCUT2D eigenvalue weighted by atomic mass is 16.5. The van der Waals surface area contributed by atoms with Crippen LogP contribution in [0.4, 0.5) is 0 Å². The van der Waals surface area contributed by atoms with Gasteiger partial charge in [0.05, 0.1) is 5.71 Å². The molecule has 0 radical (unpaired) electrons. The van der Waals surface area contributed by atoms with Crippen LogP contribution in [0, 0.1) is 5.41 Å². The van der Waals surface area contributed by atoms with Gasteiger partial charge in [0.1, 0.15) is 6.10 Å². The van der Waals surface area contributed by atoms with Crippen LogP contribution >= 0.6 is 0 Å². The van der Waals surface area contributed by atoms with E-state index in [4.69, 9.17) is 10.1 Å². The van der Waals surface area contributed by atoms with Crippen LogP contribution < -0.4 is 0 Å². The van der Waals surface area contributed by atoms with Crippen molar-refractivity contribution in [2.24, 2.45) is 0 Å². The summed E-state index contributed by atoms with van der Waals surface area (Å²) in [7, 11) is 0. The normalized spacial score (nSPS) is 22.4. The van der Waals surface area contributed by atoms with E-state index in [2.05, 4.69) is 0 Å². The van der Waals surface area contributed by atoms with Gasteiger partial charge in [0, 0.05) is 19.3 Å². The second-order valence-corrected chi connectivity index (χ2v) is 2.77. The summed E-state index contributed by atoms with van der Waals surface area (Å²) in [4.78, 5) is 10.9. The third kappa shape index (κ3) is 2.19. The highest BCUT2D eigenvalue weighted by Gasteiger charge is 2.18. The second kappa shape index (κ2) is 4.04. The number of esters is 1. The SMILES string of the molecule is CCC(=O)OC1CC=CCC1=N. The van der Waals surface area contributed by atoms with E-state index in [1.165, 1.54) is 0 Å². The molecule has 1 atom stereocenters. The molecule has 0 aromatic carbocycles. The predicted molar refractivity (Wildman–Crippen MR) is 46.3 cm³/mol. The second-order valence-electron chi connectivity index (χ2n) is 2.77. The fourth-order valence-electron chi connectivity index (χ4n) is 1.07. The van der Waals surface area contributed by atoms with Gasteiger partial charge in [-0.2, -0.15) is 0 Å². The van der Waals surface area contributed by atoms with Crippen LogP contribution in [0.25, 0.3) is 0 Å². The fourth-order valence-corrected chi connectivity index (χ4v) is 1.07. The zero-order valence-corrected chi connectivity index (χ0v) is 7.17. The first-order chi connectivity index (χ1) is 5.74. The Bertz CT molecular complexity index is 221. The van der Waals surface area contributed by atoms with Crippen molar-refractivity contribution in [3.63, 3.8) is 0 Å². The minimum Gasteiger partial charge on any atom is -0.456 e. The van der Waals surface area contributed by atoms with E-state index in [9.17, 15) is 4.79 Å². The maximum absolute atomic E-state index is 10.9. The van der Waals surface area contributed by atoms with E-state index < -0.39 is 0 Å². The summed E-state index contributed by atoms with van der Waals surface area (Å²) in [5, 5.41) is 7.49. The third-order valence-electron chi connectivity index (χ3n) is 1.81. The van der Waals surface area contributed by atoms with Crippen molar-refractivity contribution in [2.75, 3.05) is 0 Å². The zero-order chi connectivity index (χ0) is 8.97. The van der Waals surface area contributed by atoms with Crippen LogP contribution in [0.2, 0.25) is 0 Å². The molecule has 1 rings (SSSR count). The molecule has 0 fully saturated rings. The monoisotopic (exact) mass is 167 g/mol. The number of allylic oxidation sites excluding steroid dienone is 1. The van der Waals surface area contributed by atoms with Crippen LogP contribution in [0.5, 0.6) is 0 Å². The van der Waals surface area contributed by atoms with Crippen molar-refractivity contribution in [1.82, 2.24) is 0 Å². The van der Waals surface area contributed by atoms with E-state index in [1.54, 1.807) is 6.92 Å². The maximum atomic E-state index is 10.9. The van der Waals surface area contributed by atoms with E-state index in [1.807, 2.05) is 12.2 Å². The average Bonchev–Trinajstić information content (AvgIpc) is 2.09. The number of carbonyl (C=O) groups is 1. The Hall–Kier alpha value is -1.12. The molecule has 0 saturated carbocycles. The first-order valence-corrected chi connectivity index (χ1v) is 4.15. The Kier molecular flexibility index (Phi) is 3.02. The lowest BCUT2D eigenvalue weighted by atomic mass is 10.0. The zero-order valence-electron chi connectivity index (χ0n) is 7.17. The third-order valence-corrected chi connectivity index (χ3v) is 1.81. The van der Waals surface area contributed by atoms with Gasteiger partial charge in [0.25, 0.3) is 0 Å². The van der Waals surface area contributed by atoms with Crippen LogP contribution in [0.15, 0.2) is 12.2 Å². The Morgan fingerprint density at radius 3 is 3.08 bits per heavy atom. The van der Waals surface area contributed by atoms with Gasteiger partial charge in [-0.05, 0) is 0 Å². The van der Waals surface area contributed by atoms with Gasteiger partial charge in [-0.25, -0.2) is 0 Å². The molecular weight excluding hydrogens is 154 g/mol. The Labute approximate surface area is 71.9 Å². The number of rotatable bonds is 2. The fraction of sp³-hybridized carbons (Fsp3) is 0.556. The van der Waals surface area contributed by atoms with Crippen molar-refractivity contribution in [3.8, 4) is 0 Å². The molecule has 0 aromatic heterocycles. The van der Waals surface area contributed by atoms with Gasteiger partial charge >= 0.3 is 5.97 Å². The highest BCUT2D eigenvalue weighted by Crippen LogP contribution is 2.11. The van der Waals surface area contributed by atoms with Crippen LogP contribution in [0.3, 0.4) is 0 Å². The molecule has 12 heavy (non-hydrogen) atoms. The molecular formula is C9H13NO2. The predicted octanol–water partition coefficient (Wildman–Crippen LogP) is 1.68. The lowest BCUT2D eigenvalue weighted by Gasteiger charge is -2.19. The molecule has 1 unspecified atom stereocenters. The van der Waals surface area contributed by atoms with Crippen molar-refractivity contribution in [1.29, 1.82) is 5.41 Å². The van der Waals surface area contributed by atoms with Gasteiger partial charge in [0.2, 0.25) is 0 Å². The maximum Gasteiger partial charge on any atom is 0.306 e. The molecule has 0 saturated heterocycles. The Morgan fingerprint density at radius 2 is 2.50 bits per heavy atom. The van der Waals surface area contributed by atoms with Gasteiger partial charge in [-0.1, -0.05) is 19.1 Å². The molecule has 1 aliphatic carbocycles. The molecule has 1 N–H and O–H groups in total. The molecule has 3 heteroatoms. The summed E-state index contributed by atoms with van der Waals surface area (Å²) in [6, 6.07) is 0. The van der Waals surface area contributed by atoms with E-state index in [-0.39, 0.29) is 12.1 Å². The first kappa shape index (κ1) is 8.97. The molecule has 66 valence electrons. The molecule has 0 heterocycles. The summed E-state index contributed by atoms with van der Waals surface area (Å²) in [6.07, 6.45) is 5.23. The quantitative estimate of drug-likeness (QED) is 0.502. The van der Waals surface area contributed by atoms with Crippen molar-refractivity contribution in [2.45, 2.75) is 32.3 Å². The number of ether oxygens (including phenoxy) is 1. The summed E-state index contributed by atoms with van der Waals surface area (Å²) >= 11 is 0. The molecule has 0 aromatic rings. The minimum absolute atomic E-state index is 0.222. The van der Waals surface area contributed by atoms with Crippen molar-refractivity contribution >= 4 is 11.7 Å². The van der Waals surface area contributed by atoms with Crippen LogP contribution in [-0.4, -0.2) is 17.8 Å². The minimum atomic E-state index is -0.303. The summed E-state index contributed by atoms with van der Waals surface area (Å²) in [6.45, 7) is 1.75. The first-order valence-electron chi connectivity index (χ1n) is 4.15. The van der Waals surface area contributed by atoms with Crippen LogP contribution in [0.1, 0.15) is 26.2 Å². The number of carbonyl (C=O) groups excluding carboxylic acids is 1. The average molecular weight is 167 g/mol. The van der Waals surface area contributed by atoms with Gasteiger partial charge in [0.15, 0.2) is 0 Å². The van der Waals surface area contributed by atoms with Gasteiger partial charge in [-0.3, -0.25) is 4.79 Å².